The van der Waals surface area contributed by atoms with E-state index in [0.717, 1.165) is 62.0 Å². The van der Waals surface area contributed by atoms with Crippen LogP contribution >= 0.6 is 23.3 Å². The normalized spacial score (nSPS) is 12.0. The van der Waals surface area contributed by atoms with Gasteiger partial charge in [0.1, 0.15) is 0 Å². The quantitative estimate of drug-likeness (QED) is 0.124. The van der Waals surface area contributed by atoms with Crippen LogP contribution in [0, 0.1) is 0 Å². The van der Waals surface area contributed by atoms with Crippen molar-refractivity contribution in [1.29, 1.82) is 0 Å². The topological polar surface area (TPSA) is 131 Å². The lowest BCUT2D eigenvalue weighted by Crippen LogP contribution is -2.24. The number of nitrogens with two attached hydrogens (primary N) is 3. The van der Waals surface area contributed by atoms with Gasteiger partial charge in [0.05, 0.1) is 10.2 Å². The Morgan fingerprint density at radius 3 is 2.68 bits per heavy atom. The van der Waals surface area contributed by atoms with E-state index < -0.39 is 0 Å². The molecule has 10 heteroatoms. The summed E-state index contributed by atoms with van der Waals surface area (Å²) in [6.45, 7) is 1.76. The van der Waals surface area contributed by atoms with Crippen LogP contribution in [0.2, 0.25) is 0 Å². The van der Waals surface area contributed by atoms with Crippen LogP contribution in [0.1, 0.15) is 5.56 Å². The number of nitrogens with one attached hydrogen (secondary N) is 2. The summed E-state index contributed by atoms with van der Waals surface area (Å²) >= 11 is 2.75. The summed E-state index contributed by atoms with van der Waals surface area (Å²) in [7, 11) is 4.09. The third kappa shape index (κ3) is 4.37. The predicted molar refractivity (Wildman–Crippen MR) is 120 cm³/mol. The van der Waals surface area contributed by atoms with Gasteiger partial charge >= 0.3 is 0 Å². The zero-order valence-electron chi connectivity index (χ0n) is 15.8. The van der Waals surface area contributed by atoms with Gasteiger partial charge in [0.2, 0.25) is 0 Å². The minimum absolute atomic E-state index is 0.266. The molecule has 0 atom stereocenters. The first-order chi connectivity index (χ1) is 13.5. The number of anilines is 1. The second-order valence-corrected chi connectivity index (χ2v) is 8.03. The Balaban J connectivity index is 2.09. The number of nitrogens with zero attached hydrogens (tertiary/aromatic N) is 3. The number of hydrazone groups is 1. The van der Waals surface area contributed by atoms with Gasteiger partial charge in [-0.15, -0.1) is 5.10 Å². The lowest BCUT2D eigenvalue weighted by molar-refractivity contribution is 0.425. The van der Waals surface area contributed by atoms with Gasteiger partial charge in [-0.3, -0.25) is 5.14 Å². The fraction of sp³-hybridized carbons (Fsp3) is 0.222. The molecule has 0 radical (unpaired) electrons. The molecule has 3 rings (SSSR count). The minimum atomic E-state index is 0.266. The standard InChI is InChI=1S/C18H24N8S2/c1-26(2)10-9-22-18-23-16-12(6-4-8-14(16)27-18)11-5-3-7-13(28-21)15(11)17(19)24-25-20/h3-8,25H,9-10,20-21H2,1-2H3,(H2,19,24)(H,22,23). The fourth-order valence-electron chi connectivity index (χ4n) is 2.87. The number of amidine groups is 1. The SMILES string of the molecule is CN(C)CCNc1nc2c(-c3cccc(SN)c3/C(N)=N/NN)cccc2s1. The van der Waals surface area contributed by atoms with Crippen LogP contribution in [-0.4, -0.2) is 42.9 Å². The number of likely N-dealkylation sites (N-methyl/N-ethyl adjacent to an activating group) is 1. The smallest absolute Gasteiger partial charge is 0.183 e. The average molecular weight is 417 g/mol. The zero-order valence-corrected chi connectivity index (χ0v) is 17.4. The molecule has 3 aromatic rings. The van der Waals surface area contributed by atoms with Crippen LogP contribution in [0.25, 0.3) is 21.3 Å². The molecule has 1 heterocycles. The third-order valence-electron chi connectivity index (χ3n) is 4.14. The van der Waals surface area contributed by atoms with Crippen molar-refractivity contribution in [2.24, 2.45) is 21.8 Å². The van der Waals surface area contributed by atoms with E-state index in [-0.39, 0.29) is 5.84 Å². The Bertz CT molecular complexity index is 983. The lowest BCUT2D eigenvalue weighted by Gasteiger charge is -2.13. The molecular weight excluding hydrogens is 392 g/mol. The van der Waals surface area contributed by atoms with Crippen molar-refractivity contribution in [3.8, 4) is 11.1 Å². The van der Waals surface area contributed by atoms with E-state index in [1.807, 2.05) is 44.4 Å². The van der Waals surface area contributed by atoms with Crippen LogP contribution in [0.4, 0.5) is 5.13 Å². The van der Waals surface area contributed by atoms with Gasteiger partial charge in [0, 0.05) is 29.1 Å². The number of thiazole rings is 1. The summed E-state index contributed by atoms with van der Waals surface area (Å²) in [5.74, 6) is 5.60. The minimum Gasteiger partial charge on any atom is -0.382 e. The van der Waals surface area contributed by atoms with Gasteiger partial charge < -0.3 is 16.0 Å². The van der Waals surface area contributed by atoms with E-state index in [1.165, 1.54) is 0 Å². The van der Waals surface area contributed by atoms with Gasteiger partial charge in [-0.1, -0.05) is 35.6 Å². The maximum absolute atomic E-state index is 6.17. The highest BCUT2D eigenvalue weighted by Gasteiger charge is 2.17. The molecule has 0 spiro atoms. The molecule has 0 saturated carbocycles. The van der Waals surface area contributed by atoms with E-state index in [0.29, 0.717) is 0 Å². The van der Waals surface area contributed by atoms with E-state index >= 15 is 0 Å². The molecule has 0 aliphatic heterocycles. The molecule has 0 aliphatic rings. The third-order valence-corrected chi connectivity index (χ3v) is 5.71. The largest absolute Gasteiger partial charge is 0.382 e. The molecule has 28 heavy (non-hydrogen) atoms. The van der Waals surface area contributed by atoms with Gasteiger partial charge in [-0.05, 0) is 43.7 Å². The Kier molecular flexibility index (Phi) is 6.70. The van der Waals surface area contributed by atoms with Crippen molar-refractivity contribution in [3.05, 3.63) is 42.0 Å². The van der Waals surface area contributed by atoms with Gasteiger partial charge in [0.25, 0.3) is 0 Å². The lowest BCUT2D eigenvalue weighted by atomic mass is 9.98. The highest BCUT2D eigenvalue weighted by Crippen LogP contribution is 2.37. The van der Waals surface area contributed by atoms with E-state index in [9.17, 15) is 0 Å². The molecule has 0 fully saturated rings. The molecule has 8 nitrogen and oxygen atoms in total. The second kappa shape index (κ2) is 9.22. The molecule has 2 aromatic carbocycles. The summed E-state index contributed by atoms with van der Waals surface area (Å²) < 4.78 is 1.09. The van der Waals surface area contributed by atoms with Gasteiger partial charge in [-0.25, -0.2) is 16.4 Å². The maximum atomic E-state index is 6.17. The Morgan fingerprint density at radius 2 is 1.96 bits per heavy atom. The predicted octanol–water partition coefficient (Wildman–Crippen LogP) is 1.99. The number of benzene rings is 2. The highest BCUT2D eigenvalue weighted by atomic mass is 32.2. The van der Waals surface area contributed by atoms with Gasteiger partial charge in [-0.2, -0.15) is 0 Å². The first-order valence-corrected chi connectivity index (χ1v) is 10.3. The fourth-order valence-corrected chi connectivity index (χ4v) is 4.28. The van der Waals surface area contributed by atoms with E-state index in [2.05, 4.69) is 26.9 Å². The van der Waals surface area contributed by atoms with Crippen molar-refractivity contribution < 1.29 is 0 Å². The number of hydrogen-bond acceptors (Lipinski definition) is 9. The van der Waals surface area contributed by atoms with Crippen molar-refractivity contribution in [3.63, 3.8) is 0 Å². The summed E-state index contributed by atoms with van der Waals surface area (Å²) in [6.07, 6.45) is 0. The van der Waals surface area contributed by atoms with Crippen LogP contribution in [0.3, 0.4) is 0 Å². The number of para-hydroxylation sites is 1. The second-order valence-electron chi connectivity index (χ2n) is 6.32. The summed E-state index contributed by atoms with van der Waals surface area (Å²) in [4.78, 5) is 7.75. The Hall–Kier alpha value is -2.37. The van der Waals surface area contributed by atoms with Crippen LogP contribution < -0.4 is 27.6 Å². The van der Waals surface area contributed by atoms with Crippen LogP contribution in [0.15, 0.2) is 46.4 Å². The van der Waals surface area contributed by atoms with Crippen LogP contribution in [-0.2, 0) is 0 Å². The summed E-state index contributed by atoms with van der Waals surface area (Å²) in [5, 5.41) is 14.1. The summed E-state index contributed by atoms with van der Waals surface area (Å²) in [6, 6.07) is 11.9. The van der Waals surface area contributed by atoms with Crippen molar-refractivity contribution in [2.75, 3.05) is 32.5 Å². The number of aromatic nitrogens is 1. The van der Waals surface area contributed by atoms with Crippen molar-refractivity contribution >= 4 is 44.5 Å². The molecule has 8 N–H and O–H groups in total. The van der Waals surface area contributed by atoms with E-state index in [4.69, 9.17) is 21.7 Å². The maximum Gasteiger partial charge on any atom is 0.183 e. The summed E-state index contributed by atoms with van der Waals surface area (Å²) in [5.41, 5.74) is 11.9. The molecular formula is C18H24N8S2. The monoisotopic (exact) mass is 416 g/mol. The number of fused-ring (bicyclic) bond motifs is 1. The Labute approximate surface area is 172 Å². The molecule has 148 valence electrons. The molecule has 1 aromatic heterocycles. The first kappa shape index (κ1) is 20.4. The molecule has 0 saturated heterocycles. The van der Waals surface area contributed by atoms with Crippen LogP contribution in [0.5, 0.6) is 0 Å². The number of hydrazine groups is 1. The number of hydrogen-bond donors (Lipinski definition) is 5. The molecule has 0 amide bonds. The molecule has 0 unspecified atom stereocenters. The van der Waals surface area contributed by atoms with Gasteiger partial charge in [0.15, 0.2) is 11.0 Å². The van der Waals surface area contributed by atoms with E-state index in [1.54, 1.807) is 11.3 Å². The molecule has 0 aliphatic carbocycles. The zero-order chi connectivity index (χ0) is 20.1. The van der Waals surface area contributed by atoms with Crippen molar-refractivity contribution in [2.45, 2.75) is 4.90 Å². The Morgan fingerprint density at radius 1 is 1.21 bits per heavy atom. The average Bonchev–Trinajstić information content (AvgIpc) is 3.10. The highest BCUT2D eigenvalue weighted by molar-refractivity contribution is 7.97. The molecule has 0 bridgehead atoms. The van der Waals surface area contributed by atoms with Crippen molar-refractivity contribution in [1.82, 2.24) is 15.4 Å². The number of rotatable bonds is 8. The first-order valence-electron chi connectivity index (χ1n) is 8.62.